The molecule has 0 aliphatic heterocycles. The van der Waals surface area contributed by atoms with Crippen LogP contribution in [0.5, 0.6) is 0 Å². The van der Waals surface area contributed by atoms with E-state index < -0.39 is 10.0 Å². The fourth-order valence-corrected chi connectivity index (χ4v) is 2.59. The Labute approximate surface area is 116 Å². The number of hydrazine groups is 1. The van der Waals surface area contributed by atoms with Crippen LogP contribution in [0.15, 0.2) is 33.7 Å². The number of nitrogen functional groups attached to an aromatic ring is 1. The van der Waals surface area contributed by atoms with Gasteiger partial charge in [-0.3, -0.25) is 5.84 Å². The maximum Gasteiger partial charge on any atom is 0.240 e. The average molecular weight is 297 g/mol. The van der Waals surface area contributed by atoms with Crippen molar-refractivity contribution in [3.05, 3.63) is 36.0 Å². The fourth-order valence-electron chi connectivity index (χ4n) is 1.55. The lowest BCUT2D eigenvalue weighted by molar-refractivity contribution is 0.387. The second kappa shape index (κ2) is 5.99. The average Bonchev–Trinajstić information content (AvgIpc) is 2.84. The summed E-state index contributed by atoms with van der Waals surface area (Å²) in [6.07, 6.45) is 0.360. The van der Waals surface area contributed by atoms with Gasteiger partial charge in [-0.25, -0.2) is 13.1 Å². The highest BCUT2D eigenvalue weighted by Crippen LogP contribution is 2.12. The van der Waals surface area contributed by atoms with E-state index in [9.17, 15) is 8.42 Å². The smallest absolute Gasteiger partial charge is 0.240 e. The number of nitrogens with two attached hydrogens (primary N) is 1. The summed E-state index contributed by atoms with van der Waals surface area (Å²) in [5.74, 6) is 6.13. The topological polar surface area (TPSA) is 123 Å². The Balaban J connectivity index is 1.96. The van der Waals surface area contributed by atoms with E-state index in [1.807, 2.05) is 0 Å². The van der Waals surface area contributed by atoms with E-state index in [-0.39, 0.29) is 11.4 Å². The summed E-state index contributed by atoms with van der Waals surface area (Å²) < 4.78 is 31.3. The minimum absolute atomic E-state index is 0.167. The lowest BCUT2D eigenvalue weighted by atomic mass is 10.3. The van der Waals surface area contributed by atoms with Crippen LogP contribution in [0.25, 0.3) is 0 Å². The van der Waals surface area contributed by atoms with Gasteiger partial charge in [0.05, 0.1) is 4.90 Å². The van der Waals surface area contributed by atoms with Crippen molar-refractivity contribution in [1.82, 2.24) is 14.9 Å². The highest BCUT2D eigenvalue weighted by Gasteiger charge is 2.13. The van der Waals surface area contributed by atoms with Crippen molar-refractivity contribution in [2.75, 3.05) is 12.0 Å². The number of hydrogen-bond donors (Lipinski definition) is 3. The van der Waals surface area contributed by atoms with Crippen LogP contribution < -0.4 is 16.0 Å². The quantitative estimate of drug-likeness (QED) is 0.513. The first-order valence-corrected chi connectivity index (χ1v) is 7.35. The SMILES string of the molecule is Cc1nc(CCNS(=O)(=O)c2ccc(NN)cc2)no1. The van der Waals surface area contributed by atoms with Gasteiger partial charge in [-0.05, 0) is 24.3 Å². The van der Waals surface area contributed by atoms with Crippen molar-refractivity contribution in [3.8, 4) is 0 Å². The first-order valence-electron chi connectivity index (χ1n) is 5.87. The Hall–Kier alpha value is -1.97. The Morgan fingerprint density at radius 2 is 2.00 bits per heavy atom. The van der Waals surface area contributed by atoms with Crippen molar-refractivity contribution in [3.63, 3.8) is 0 Å². The zero-order chi connectivity index (χ0) is 14.6. The van der Waals surface area contributed by atoms with Crippen LogP contribution in [0.3, 0.4) is 0 Å². The van der Waals surface area contributed by atoms with Crippen molar-refractivity contribution >= 4 is 15.7 Å². The van der Waals surface area contributed by atoms with Gasteiger partial charge in [-0.1, -0.05) is 5.16 Å². The van der Waals surface area contributed by atoms with Crippen molar-refractivity contribution in [2.24, 2.45) is 5.84 Å². The molecule has 2 rings (SSSR count). The third-order valence-electron chi connectivity index (χ3n) is 2.54. The molecule has 108 valence electrons. The molecule has 0 amide bonds. The molecule has 8 nitrogen and oxygen atoms in total. The van der Waals surface area contributed by atoms with Gasteiger partial charge in [-0.15, -0.1) is 0 Å². The van der Waals surface area contributed by atoms with E-state index in [2.05, 4.69) is 20.3 Å². The predicted molar refractivity (Wildman–Crippen MR) is 72.2 cm³/mol. The molecule has 1 aromatic heterocycles. The van der Waals surface area contributed by atoms with Gasteiger partial charge in [0, 0.05) is 25.6 Å². The monoisotopic (exact) mass is 297 g/mol. The summed E-state index contributed by atoms with van der Waals surface area (Å²) in [5, 5.41) is 3.69. The van der Waals surface area contributed by atoms with E-state index in [1.54, 1.807) is 19.1 Å². The lowest BCUT2D eigenvalue weighted by Crippen LogP contribution is -2.26. The molecule has 2 aromatic rings. The molecule has 0 aliphatic rings. The lowest BCUT2D eigenvalue weighted by Gasteiger charge is -2.06. The molecule has 4 N–H and O–H groups in total. The minimum atomic E-state index is -3.55. The zero-order valence-corrected chi connectivity index (χ0v) is 11.6. The molecule has 0 saturated heterocycles. The third kappa shape index (κ3) is 3.53. The molecule has 0 saturated carbocycles. The Morgan fingerprint density at radius 1 is 1.30 bits per heavy atom. The number of rotatable bonds is 6. The third-order valence-corrected chi connectivity index (χ3v) is 4.02. The first kappa shape index (κ1) is 14.4. The molecule has 0 unspecified atom stereocenters. The molecule has 1 aromatic carbocycles. The van der Waals surface area contributed by atoms with E-state index in [0.717, 1.165) is 0 Å². The molecular weight excluding hydrogens is 282 g/mol. The normalized spacial score (nSPS) is 11.5. The standard InChI is InChI=1S/C11H15N5O3S/c1-8-14-11(16-19-8)6-7-13-20(17,18)10-4-2-9(15-12)3-5-10/h2-5,13,15H,6-7,12H2,1H3. The van der Waals surface area contributed by atoms with Crippen LogP contribution in [-0.2, 0) is 16.4 Å². The second-order valence-corrected chi connectivity index (χ2v) is 5.81. The number of sulfonamides is 1. The molecule has 20 heavy (non-hydrogen) atoms. The van der Waals surface area contributed by atoms with Gasteiger partial charge in [0.2, 0.25) is 15.9 Å². The maximum absolute atomic E-state index is 12.0. The van der Waals surface area contributed by atoms with Crippen LogP contribution >= 0.6 is 0 Å². The van der Waals surface area contributed by atoms with Crippen LogP contribution in [-0.4, -0.2) is 25.1 Å². The highest BCUT2D eigenvalue weighted by molar-refractivity contribution is 7.89. The molecule has 0 aliphatic carbocycles. The molecule has 0 bridgehead atoms. The summed E-state index contributed by atoms with van der Waals surface area (Å²) in [6, 6.07) is 6.10. The van der Waals surface area contributed by atoms with Crippen molar-refractivity contribution < 1.29 is 12.9 Å². The van der Waals surface area contributed by atoms with E-state index in [4.69, 9.17) is 10.4 Å². The van der Waals surface area contributed by atoms with Crippen LogP contribution in [0, 0.1) is 6.92 Å². The zero-order valence-electron chi connectivity index (χ0n) is 10.8. The van der Waals surface area contributed by atoms with Gasteiger partial charge in [0.1, 0.15) is 0 Å². The molecular formula is C11H15N5O3S. The molecule has 9 heteroatoms. The van der Waals surface area contributed by atoms with Crippen molar-refractivity contribution in [1.29, 1.82) is 0 Å². The van der Waals surface area contributed by atoms with Crippen LogP contribution in [0.4, 0.5) is 5.69 Å². The number of hydrogen-bond acceptors (Lipinski definition) is 7. The highest BCUT2D eigenvalue weighted by atomic mass is 32.2. The Kier molecular flexibility index (Phi) is 4.32. The molecule has 0 spiro atoms. The number of nitrogens with zero attached hydrogens (tertiary/aromatic N) is 2. The molecule has 0 radical (unpaired) electrons. The predicted octanol–water partition coefficient (Wildman–Crippen LogP) is 0.185. The number of aromatic nitrogens is 2. The number of nitrogens with one attached hydrogen (secondary N) is 2. The van der Waals surface area contributed by atoms with Crippen LogP contribution in [0.2, 0.25) is 0 Å². The first-order chi connectivity index (χ1) is 9.51. The minimum Gasteiger partial charge on any atom is -0.340 e. The van der Waals surface area contributed by atoms with Crippen molar-refractivity contribution in [2.45, 2.75) is 18.2 Å². The van der Waals surface area contributed by atoms with E-state index in [1.165, 1.54) is 12.1 Å². The number of aryl methyl sites for hydroxylation is 1. The van der Waals surface area contributed by atoms with Gasteiger partial charge >= 0.3 is 0 Å². The van der Waals surface area contributed by atoms with Crippen LogP contribution in [0.1, 0.15) is 11.7 Å². The van der Waals surface area contributed by atoms with Gasteiger partial charge < -0.3 is 9.95 Å². The summed E-state index contributed by atoms with van der Waals surface area (Å²) in [4.78, 5) is 4.16. The maximum atomic E-state index is 12.0. The second-order valence-electron chi connectivity index (χ2n) is 4.05. The number of anilines is 1. The largest absolute Gasteiger partial charge is 0.340 e. The summed E-state index contributed by atoms with van der Waals surface area (Å²) in [7, 11) is -3.55. The van der Waals surface area contributed by atoms with Gasteiger partial charge in [0.15, 0.2) is 5.82 Å². The number of benzene rings is 1. The van der Waals surface area contributed by atoms with E-state index >= 15 is 0 Å². The summed E-state index contributed by atoms with van der Waals surface area (Å²) in [5.41, 5.74) is 3.06. The molecule has 1 heterocycles. The molecule has 0 fully saturated rings. The summed E-state index contributed by atoms with van der Waals surface area (Å²) >= 11 is 0. The Bertz CT molecular complexity index is 666. The fraction of sp³-hybridized carbons (Fsp3) is 0.273. The molecule has 0 atom stereocenters. The summed E-state index contributed by atoms with van der Waals surface area (Å²) in [6.45, 7) is 1.87. The van der Waals surface area contributed by atoms with Gasteiger partial charge in [-0.2, -0.15) is 4.98 Å². The Morgan fingerprint density at radius 3 is 2.55 bits per heavy atom. The van der Waals surface area contributed by atoms with Gasteiger partial charge in [0.25, 0.3) is 0 Å². The van der Waals surface area contributed by atoms with E-state index in [0.29, 0.717) is 23.8 Å².